The first-order valence-electron chi connectivity index (χ1n) is 6.87. The summed E-state index contributed by atoms with van der Waals surface area (Å²) >= 11 is 0. The Morgan fingerprint density at radius 2 is 1.76 bits per heavy atom. The van der Waals surface area contributed by atoms with Crippen LogP contribution in [0.1, 0.15) is 53.4 Å². The van der Waals surface area contributed by atoms with Gasteiger partial charge in [-0.15, -0.1) is 0 Å². The Bertz CT molecular complexity index is 270. The minimum atomic E-state index is -1.73. The molecule has 0 aliphatic rings. The molecule has 0 heterocycles. The molecular formula is C15H34NP. The number of nitrogens with two attached hydrogens (primary N) is 1. The molecule has 2 atom stereocenters. The Kier molecular flexibility index (Phi) is 5.45. The zero-order valence-corrected chi connectivity index (χ0v) is 14.0. The van der Waals surface area contributed by atoms with Gasteiger partial charge in [0.1, 0.15) is 0 Å². The minimum absolute atomic E-state index is 0.0115. The second-order valence-corrected chi connectivity index (χ2v) is 14.9. The maximum atomic E-state index is 6.33. The summed E-state index contributed by atoms with van der Waals surface area (Å²) in [5.41, 5.74) is 7.06. The summed E-state index contributed by atoms with van der Waals surface area (Å²) in [6.45, 7) is 18.8. The zero-order chi connectivity index (χ0) is 13.9. The number of rotatable bonds is 7. The van der Waals surface area contributed by atoms with Crippen molar-refractivity contribution < 1.29 is 0 Å². The third-order valence-corrected chi connectivity index (χ3v) is 10.9. The van der Waals surface area contributed by atoms with Crippen LogP contribution in [0.25, 0.3) is 0 Å². The van der Waals surface area contributed by atoms with Crippen LogP contribution in [0.4, 0.5) is 0 Å². The predicted molar refractivity (Wildman–Crippen MR) is 85.7 cm³/mol. The molecule has 2 heteroatoms. The van der Waals surface area contributed by atoms with E-state index in [4.69, 9.17) is 5.73 Å². The standard InChI is InChI=1S/C15H34NP/c1-9-11-15(5,16)12-10-14(4)17(6,7,8)13(2)3/h14H,2,9-12,16H2,1,3-8H3. The molecule has 0 aromatic heterocycles. The first-order chi connectivity index (χ1) is 7.41. The molecule has 0 radical (unpaired) electrons. The Morgan fingerprint density at radius 1 is 1.29 bits per heavy atom. The van der Waals surface area contributed by atoms with E-state index in [2.05, 4.69) is 54.3 Å². The Hall–Kier alpha value is 0.130. The maximum absolute atomic E-state index is 6.33. The van der Waals surface area contributed by atoms with E-state index in [0.717, 1.165) is 18.5 Å². The van der Waals surface area contributed by atoms with Crippen LogP contribution in [0, 0.1) is 0 Å². The fourth-order valence-corrected chi connectivity index (χ4v) is 3.85. The first-order valence-corrected chi connectivity index (χ1v) is 10.5. The molecule has 0 aromatic rings. The van der Waals surface area contributed by atoms with Crippen molar-refractivity contribution in [1.29, 1.82) is 0 Å². The molecule has 0 rings (SSSR count). The summed E-state index contributed by atoms with van der Waals surface area (Å²) in [4.78, 5) is 0. The summed E-state index contributed by atoms with van der Waals surface area (Å²) < 4.78 is 0. The fourth-order valence-electron chi connectivity index (χ4n) is 2.06. The van der Waals surface area contributed by atoms with E-state index in [1.807, 2.05) is 0 Å². The molecule has 0 fully saturated rings. The third-order valence-electron chi connectivity index (χ3n) is 4.86. The Morgan fingerprint density at radius 3 is 2.12 bits per heavy atom. The van der Waals surface area contributed by atoms with Gasteiger partial charge in [-0.3, -0.25) is 0 Å². The number of allylic oxidation sites excluding steroid dienone is 1. The van der Waals surface area contributed by atoms with Crippen LogP contribution in [0.15, 0.2) is 11.9 Å². The van der Waals surface area contributed by atoms with E-state index in [-0.39, 0.29) is 5.54 Å². The van der Waals surface area contributed by atoms with Crippen molar-refractivity contribution in [2.24, 2.45) is 5.73 Å². The van der Waals surface area contributed by atoms with Gasteiger partial charge in [0.25, 0.3) is 0 Å². The van der Waals surface area contributed by atoms with Crippen molar-refractivity contribution >= 4 is 6.60 Å². The quantitative estimate of drug-likeness (QED) is 0.662. The monoisotopic (exact) mass is 259 g/mol. The normalized spacial score (nSPS) is 20.1. The Labute approximate surface area is 109 Å². The molecule has 0 saturated heterocycles. The van der Waals surface area contributed by atoms with Crippen LogP contribution in [-0.2, 0) is 0 Å². The number of hydrogen-bond donors (Lipinski definition) is 1. The molecule has 0 saturated carbocycles. The van der Waals surface area contributed by atoms with Gasteiger partial charge in [0.05, 0.1) is 0 Å². The van der Waals surface area contributed by atoms with Crippen molar-refractivity contribution in [2.75, 3.05) is 20.0 Å². The van der Waals surface area contributed by atoms with Crippen LogP contribution >= 0.6 is 6.60 Å². The van der Waals surface area contributed by atoms with Crippen molar-refractivity contribution in [3.63, 3.8) is 0 Å². The van der Waals surface area contributed by atoms with Crippen molar-refractivity contribution in [3.05, 3.63) is 11.9 Å². The van der Waals surface area contributed by atoms with Crippen LogP contribution in [0.3, 0.4) is 0 Å². The molecule has 0 amide bonds. The first kappa shape index (κ1) is 17.1. The SMILES string of the molecule is C=C(C)P(C)(C)(C)C(C)CCC(C)(N)CCC. The molecule has 0 bridgehead atoms. The molecule has 1 nitrogen and oxygen atoms in total. The zero-order valence-electron chi connectivity index (χ0n) is 13.1. The van der Waals surface area contributed by atoms with Crippen LogP contribution < -0.4 is 5.73 Å². The summed E-state index contributed by atoms with van der Waals surface area (Å²) in [6.07, 6.45) is 4.65. The fraction of sp³-hybridized carbons (Fsp3) is 0.867. The molecular weight excluding hydrogens is 225 g/mol. The molecule has 0 aromatic carbocycles. The average Bonchev–Trinajstić information content (AvgIpc) is 2.13. The molecule has 17 heavy (non-hydrogen) atoms. The van der Waals surface area contributed by atoms with E-state index >= 15 is 0 Å². The second-order valence-electron chi connectivity index (χ2n) is 7.44. The van der Waals surface area contributed by atoms with Gasteiger partial charge < -0.3 is 0 Å². The molecule has 104 valence electrons. The Balaban J connectivity index is 4.57. The summed E-state index contributed by atoms with van der Waals surface area (Å²) in [7, 11) is 0. The third kappa shape index (κ3) is 4.72. The van der Waals surface area contributed by atoms with E-state index in [1.165, 1.54) is 18.2 Å². The van der Waals surface area contributed by atoms with Crippen LogP contribution in [0.2, 0.25) is 0 Å². The van der Waals surface area contributed by atoms with Crippen molar-refractivity contribution in [2.45, 2.75) is 64.6 Å². The van der Waals surface area contributed by atoms with E-state index in [9.17, 15) is 0 Å². The molecule has 2 unspecified atom stereocenters. The van der Waals surface area contributed by atoms with Gasteiger partial charge in [-0.05, 0) is 0 Å². The summed E-state index contributed by atoms with van der Waals surface area (Å²) in [5.74, 6) is 0. The van der Waals surface area contributed by atoms with Gasteiger partial charge in [-0.25, -0.2) is 0 Å². The van der Waals surface area contributed by atoms with Crippen molar-refractivity contribution in [3.8, 4) is 0 Å². The van der Waals surface area contributed by atoms with E-state index in [0.29, 0.717) is 0 Å². The van der Waals surface area contributed by atoms with Crippen molar-refractivity contribution in [1.82, 2.24) is 0 Å². The van der Waals surface area contributed by atoms with E-state index in [1.54, 1.807) is 0 Å². The molecule has 0 aliphatic heterocycles. The van der Waals surface area contributed by atoms with Gasteiger partial charge in [0, 0.05) is 0 Å². The average molecular weight is 259 g/mol. The summed E-state index contributed by atoms with van der Waals surface area (Å²) in [5, 5.41) is 1.39. The van der Waals surface area contributed by atoms with Crippen LogP contribution in [-0.4, -0.2) is 31.2 Å². The predicted octanol–water partition coefficient (Wildman–Crippen LogP) is 4.65. The van der Waals surface area contributed by atoms with Gasteiger partial charge in [-0.1, -0.05) is 0 Å². The van der Waals surface area contributed by atoms with Crippen LogP contribution in [0.5, 0.6) is 0 Å². The second kappa shape index (κ2) is 5.41. The molecule has 2 N–H and O–H groups in total. The topological polar surface area (TPSA) is 26.0 Å². The van der Waals surface area contributed by atoms with Gasteiger partial charge in [0.15, 0.2) is 0 Å². The molecule has 0 aliphatic carbocycles. The number of hydrogen-bond acceptors (Lipinski definition) is 1. The van der Waals surface area contributed by atoms with Gasteiger partial charge >= 0.3 is 109 Å². The van der Waals surface area contributed by atoms with Gasteiger partial charge in [0.2, 0.25) is 0 Å². The molecule has 0 spiro atoms. The van der Waals surface area contributed by atoms with E-state index < -0.39 is 6.60 Å². The van der Waals surface area contributed by atoms with Gasteiger partial charge in [-0.2, -0.15) is 0 Å². The summed E-state index contributed by atoms with van der Waals surface area (Å²) in [6, 6.07) is 0.